The number of anilines is 2. The second-order valence-corrected chi connectivity index (χ2v) is 7.37. The first-order chi connectivity index (χ1) is 13.1. The molecule has 27 heavy (non-hydrogen) atoms. The van der Waals surface area contributed by atoms with Crippen LogP contribution in [-0.2, 0) is 4.79 Å². The second kappa shape index (κ2) is 7.32. The summed E-state index contributed by atoms with van der Waals surface area (Å²) in [6.07, 6.45) is 1.45. The number of nitrogens with zero attached hydrogens (tertiary/aromatic N) is 2. The summed E-state index contributed by atoms with van der Waals surface area (Å²) < 4.78 is 0. The minimum Gasteiger partial charge on any atom is -0.321 e. The summed E-state index contributed by atoms with van der Waals surface area (Å²) in [5, 5.41) is 5.47. The van der Waals surface area contributed by atoms with Crippen molar-refractivity contribution in [1.82, 2.24) is 4.98 Å². The molecule has 6 heteroatoms. The molecular weight excluding hydrogens is 358 g/mol. The van der Waals surface area contributed by atoms with Crippen LogP contribution in [0.25, 0.3) is 10.6 Å². The highest BCUT2D eigenvalue weighted by molar-refractivity contribution is 7.13. The topological polar surface area (TPSA) is 62.3 Å². The maximum absolute atomic E-state index is 12.6. The number of hydrogen-bond acceptors (Lipinski definition) is 4. The van der Waals surface area contributed by atoms with E-state index in [9.17, 15) is 9.59 Å². The van der Waals surface area contributed by atoms with Crippen molar-refractivity contribution in [2.24, 2.45) is 0 Å². The molecule has 0 atom stereocenters. The molecular formula is C21H19N3O2S. The number of carbonyl (C=O) groups excluding carboxylic acids is 2. The van der Waals surface area contributed by atoms with Gasteiger partial charge in [0, 0.05) is 35.3 Å². The van der Waals surface area contributed by atoms with Gasteiger partial charge in [0.05, 0.1) is 0 Å². The number of amides is 2. The second-order valence-electron chi connectivity index (χ2n) is 6.51. The number of benzene rings is 2. The molecule has 1 aliphatic heterocycles. The SMILES string of the molecule is Cc1ccc(NC(=O)c2csc(-c3ccccc3)n2)cc1N1CCCC1=O. The molecule has 1 aromatic heterocycles. The van der Waals surface area contributed by atoms with Gasteiger partial charge >= 0.3 is 0 Å². The molecule has 0 saturated carbocycles. The van der Waals surface area contributed by atoms with Crippen molar-refractivity contribution in [3.8, 4) is 10.6 Å². The van der Waals surface area contributed by atoms with Gasteiger partial charge in [-0.1, -0.05) is 36.4 Å². The number of aryl methyl sites for hydroxylation is 1. The van der Waals surface area contributed by atoms with E-state index in [-0.39, 0.29) is 11.8 Å². The monoisotopic (exact) mass is 377 g/mol. The number of aromatic nitrogens is 1. The van der Waals surface area contributed by atoms with Crippen molar-refractivity contribution in [3.05, 3.63) is 65.2 Å². The summed E-state index contributed by atoms with van der Waals surface area (Å²) in [7, 11) is 0. The fraction of sp³-hybridized carbons (Fsp3) is 0.190. The molecule has 2 aromatic carbocycles. The molecule has 3 aromatic rings. The predicted octanol–water partition coefficient (Wildman–Crippen LogP) is 4.50. The normalized spacial score (nSPS) is 13.8. The smallest absolute Gasteiger partial charge is 0.275 e. The molecule has 136 valence electrons. The average Bonchev–Trinajstić information content (AvgIpc) is 3.33. The van der Waals surface area contributed by atoms with Crippen LogP contribution in [0.1, 0.15) is 28.9 Å². The van der Waals surface area contributed by atoms with E-state index in [2.05, 4.69) is 10.3 Å². The zero-order valence-corrected chi connectivity index (χ0v) is 15.8. The third-order valence-electron chi connectivity index (χ3n) is 4.59. The summed E-state index contributed by atoms with van der Waals surface area (Å²) in [6.45, 7) is 2.70. The third-order valence-corrected chi connectivity index (χ3v) is 5.48. The molecule has 0 unspecified atom stereocenters. The molecule has 0 bridgehead atoms. The summed E-state index contributed by atoms with van der Waals surface area (Å²) in [6, 6.07) is 15.4. The lowest BCUT2D eigenvalue weighted by Crippen LogP contribution is -2.24. The van der Waals surface area contributed by atoms with Gasteiger partial charge in [-0.25, -0.2) is 4.98 Å². The van der Waals surface area contributed by atoms with E-state index >= 15 is 0 Å². The van der Waals surface area contributed by atoms with Crippen LogP contribution < -0.4 is 10.2 Å². The fourth-order valence-electron chi connectivity index (χ4n) is 3.17. The van der Waals surface area contributed by atoms with Gasteiger partial charge in [-0.15, -0.1) is 11.3 Å². The first-order valence-corrected chi connectivity index (χ1v) is 9.73. The standard InChI is InChI=1S/C21H19N3O2S/c1-14-9-10-16(12-18(14)24-11-5-8-19(24)25)22-20(26)17-13-27-21(23-17)15-6-3-2-4-7-15/h2-4,6-7,9-10,12-13H,5,8,11H2,1H3,(H,22,26). The first-order valence-electron chi connectivity index (χ1n) is 8.85. The van der Waals surface area contributed by atoms with Gasteiger partial charge < -0.3 is 10.2 Å². The van der Waals surface area contributed by atoms with Crippen molar-refractivity contribution in [2.45, 2.75) is 19.8 Å². The highest BCUT2D eigenvalue weighted by atomic mass is 32.1. The van der Waals surface area contributed by atoms with E-state index in [0.29, 0.717) is 17.8 Å². The van der Waals surface area contributed by atoms with Crippen LogP contribution in [0.3, 0.4) is 0 Å². The van der Waals surface area contributed by atoms with Crippen LogP contribution in [-0.4, -0.2) is 23.3 Å². The van der Waals surface area contributed by atoms with Gasteiger partial charge in [0.1, 0.15) is 10.7 Å². The molecule has 4 rings (SSSR count). The Hall–Kier alpha value is -2.99. The Balaban J connectivity index is 1.53. The average molecular weight is 377 g/mol. The van der Waals surface area contributed by atoms with Crippen molar-refractivity contribution < 1.29 is 9.59 Å². The maximum atomic E-state index is 12.6. The Morgan fingerprint density at radius 1 is 1.19 bits per heavy atom. The predicted molar refractivity (Wildman–Crippen MR) is 108 cm³/mol. The number of nitrogens with one attached hydrogen (secondary N) is 1. The van der Waals surface area contributed by atoms with Gasteiger partial charge in [-0.05, 0) is 31.0 Å². The van der Waals surface area contributed by atoms with E-state index in [1.54, 1.807) is 10.3 Å². The largest absolute Gasteiger partial charge is 0.321 e. The Labute approximate surface area is 161 Å². The summed E-state index contributed by atoms with van der Waals surface area (Å²) in [5.41, 5.74) is 3.92. The number of carbonyl (C=O) groups is 2. The maximum Gasteiger partial charge on any atom is 0.275 e. The van der Waals surface area contributed by atoms with Crippen molar-refractivity contribution in [1.29, 1.82) is 0 Å². The van der Waals surface area contributed by atoms with E-state index in [4.69, 9.17) is 0 Å². The first kappa shape index (κ1) is 17.4. The zero-order valence-electron chi connectivity index (χ0n) is 14.9. The Morgan fingerprint density at radius 2 is 2.00 bits per heavy atom. The van der Waals surface area contributed by atoms with Crippen LogP contribution >= 0.6 is 11.3 Å². The molecule has 0 spiro atoms. The number of hydrogen-bond donors (Lipinski definition) is 1. The number of rotatable bonds is 4. The van der Waals surface area contributed by atoms with Gasteiger partial charge in [-0.2, -0.15) is 0 Å². The molecule has 1 saturated heterocycles. The minimum atomic E-state index is -0.254. The number of thiazole rings is 1. The van der Waals surface area contributed by atoms with Crippen LogP contribution in [0.2, 0.25) is 0 Å². The molecule has 1 fully saturated rings. The Bertz CT molecular complexity index is 998. The lowest BCUT2D eigenvalue weighted by atomic mass is 10.1. The summed E-state index contributed by atoms with van der Waals surface area (Å²) in [5.74, 6) is -0.121. The highest BCUT2D eigenvalue weighted by Crippen LogP contribution is 2.29. The van der Waals surface area contributed by atoms with E-state index in [0.717, 1.165) is 34.8 Å². The Kier molecular flexibility index (Phi) is 4.73. The van der Waals surface area contributed by atoms with E-state index in [1.807, 2.05) is 55.5 Å². The molecule has 2 amide bonds. The van der Waals surface area contributed by atoms with Gasteiger partial charge in [0.25, 0.3) is 5.91 Å². The zero-order chi connectivity index (χ0) is 18.8. The fourth-order valence-corrected chi connectivity index (χ4v) is 3.97. The van der Waals surface area contributed by atoms with Crippen molar-refractivity contribution in [2.75, 3.05) is 16.8 Å². The summed E-state index contributed by atoms with van der Waals surface area (Å²) in [4.78, 5) is 30.9. The molecule has 0 radical (unpaired) electrons. The van der Waals surface area contributed by atoms with Gasteiger partial charge in [0.2, 0.25) is 5.91 Å². The van der Waals surface area contributed by atoms with Crippen LogP contribution in [0.5, 0.6) is 0 Å². The van der Waals surface area contributed by atoms with E-state index in [1.165, 1.54) is 11.3 Å². The van der Waals surface area contributed by atoms with E-state index < -0.39 is 0 Å². The molecule has 1 N–H and O–H groups in total. The van der Waals surface area contributed by atoms with Crippen molar-refractivity contribution >= 4 is 34.5 Å². The lowest BCUT2D eigenvalue weighted by Gasteiger charge is -2.19. The van der Waals surface area contributed by atoms with Gasteiger partial charge in [-0.3, -0.25) is 9.59 Å². The van der Waals surface area contributed by atoms with Crippen molar-refractivity contribution in [3.63, 3.8) is 0 Å². The van der Waals surface area contributed by atoms with Crippen LogP contribution in [0.4, 0.5) is 11.4 Å². The van der Waals surface area contributed by atoms with Crippen LogP contribution in [0, 0.1) is 6.92 Å². The molecule has 5 nitrogen and oxygen atoms in total. The van der Waals surface area contributed by atoms with Crippen LogP contribution in [0.15, 0.2) is 53.9 Å². The molecule has 0 aliphatic carbocycles. The third kappa shape index (κ3) is 3.61. The molecule has 2 heterocycles. The lowest BCUT2D eigenvalue weighted by molar-refractivity contribution is -0.117. The molecule has 1 aliphatic rings. The quantitative estimate of drug-likeness (QED) is 0.728. The summed E-state index contributed by atoms with van der Waals surface area (Å²) >= 11 is 1.44. The minimum absolute atomic E-state index is 0.133. The Morgan fingerprint density at radius 3 is 2.74 bits per heavy atom. The van der Waals surface area contributed by atoms with Gasteiger partial charge in [0.15, 0.2) is 0 Å². The highest BCUT2D eigenvalue weighted by Gasteiger charge is 2.23.